The highest BCUT2D eigenvalue weighted by atomic mass is 32.2. The molecule has 2 aromatic rings. The molecule has 1 aliphatic heterocycles. The maximum absolute atomic E-state index is 14.2. The fourth-order valence-corrected chi connectivity index (χ4v) is 5.26. The lowest BCUT2D eigenvalue weighted by molar-refractivity contribution is -0.144. The molecule has 15 heteroatoms. The summed E-state index contributed by atoms with van der Waals surface area (Å²) in [6, 6.07) is 3.97. The van der Waals surface area contributed by atoms with Gasteiger partial charge in [0.15, 0.2) is 0 Å². The van der Waals surface area contributed by atoms with Gasteiger partial charge in [-0.1, -0.05) is 0 Å². The quantitative estimate of drug-likeness (QED) is 0.310. The van der Waals surface area contributed by atoms with Crippen LogP contribution in [0.5, 0.6) is 0 Å². The molecular formula is C25H27F7N4O3S. The summed E-state index contributed by atoms with van der Waals surface area (Å²) >= 11 is 0.0247. The average Bonchev–Trinajstić information content (AvgIpc) is 3.18. The van der Waals surface area contributed by atoms with Crippen LogP contribution >= 0.6 is 11.8 Å². The lowest BCUT2D eigenvalue weighted by Gasteiger charge is -2.27. The van der Waals surface area contributed by atoms with Crippen molar-refractivity contribution in [3.63, 3.8) is 0 Å². The zero-order valence-electron chi connectivity index (χ0n) is 21.7. The second kappa shape index (κ2) is 12.2. The molecule has 1 heterocycles. The summed E-state index contributed by atoms with van der Waals surface area (Å²) in [6.45, 7) is 1.08. The molecular weight excluding hydrogens is 569 g/mol. The van der Waals surface area contributed by atoms with Crippen molar-refractivity contribution in [2.24, 2.45) is 0 Å². The molecule has 1 aliphatic rings. The van der Waals surface area contributed by atoms with Gasteiger partial charge in [-0.15, -0.1) is 0 Å². The van der Waals surface area contributed by atoms with Crippen molar-refractivity contribution in [2.45, 2.75) is 30.3 Å². The van der Waals surface area contributed by atoms with Crippen LogP contribution in [0, 0.1) is 5.82 Å². The number of alkyl halides is 6. The minimum atomic E-state index is -5.31. The normalized spacial score (nSPS) is 15.2. The predicted molar refractivity (Wildman–Crippen MR) is 136 cm³/mol. The van der Waals surface area contributed by atoms with Crippen LogP contribution in [0.25, 0.3) is 0 Å². The first-order chi connectivity index (χ1) is 18.5. The lowest BCUT2D eigenvalue weighted by Crippen LogP contribution is -2.40. The molecule has 2 aromatic carbocycles. The van der Waals surface area contributed by atoms with Gasteiger partial charge in [0.1, 0.15) is 5.82 Å². The summed E-state index contributed by atoms with van der Waals surface area (Å²) in [5, 5.41) is 9.23. The van der Waals surface area contributed by atoms with E-state index < -0.39 is 57.3 Å². The van der Waals surface area contributed by atoms with E-state index in [4.69, 9.17) is 0 Å². The van der Waals surface area contributed by atoms with Gasteiger partial charge in [-0.2, -0.15) is 26.3 Å². The van der Waals surface area contributed by atoms with Crippen LogP contribution in [0.1, 0.15) is 18.1 Å². The maximum atomic E-state index is 14.2. The molecule has 1 atom stereocenters. The summed E-state index contributed by atoms with van der Waals surface area (Å²) in [5.74, 6) is -0.614. The van der Waals surface area contributed by atoms with Gasteiger partial charge in [0.05, 0.1) is 27.8 Å². The third-order valence-electron chi connectivity index (χ3n) is 5.96. The summed E-state index contributed by atoms with van der Waals surface area (Å²) in [6.07, 6.45) is -11.5. The summed E-state index contributed by atoms with van der Waals surface area (Å²) in [5.41, 5.74) is -3.95. The molecule has 0 spiro atoms. The smallest absolute Gasteiger partial charge is 0.390 e. The Morgan fingerprint density at radius 1 is 1.05 bits per heavy atom. The third-order valence-corrected chi connectivity index (χ3v) is 6.99. The minimum Gasteiger partial charge on any atom is -0.390 e. The van der Waals surface area contributed by atoms with Crippen molar-refractivity contribution < 1.29 is 45.4 Å². The number of hydrogen-bond donors (Lipinski definition) is 1. The molecule has 1 unspecified atom stereocenters. The largest absolute Gasteiger partial charge is 0.417 e. The van der Waals surface area contributed by atoms with Crippen LogP contribution in [0.2, 0.25) is 0 Å². The summed E-state index contributed by atoms with van der Waals surface area (Å²) < 4.78 is 96.9. The number of hydrogen-bond acceptors (Lipinski definition) is 5. The Bertz CT molecular complexity index is 1220. The van der Waals surface area contributed by atoms with Crippen molar-refractivity contribution in [3.05, 3.63) is 53.3 Å². The molecule has 3 rings (SSSR count). The molecule has 7 nitrogen and oxygen atoms in total. The zero-order valence-corrected chi connectivity index (χ0v) is 22.5. The van der Waals surface area contributed by atoms with Gasteiger partial charge < -0.3 is 19.8 Å². The maximum Gasteiger partial charge on any atom is 0.417 e. The van der Waals surface area contributed by atoms with Crippen molar-refractivity contribution >= 4 is 34.4 Å². The second-order valence-corrected chi connectivity index (χ2v) is 10.2. The van der Waals surface area contributed by atoms with Gasteiger partial charge in [-0.05, 0) is 69.2 Å². The number of carbonyl (C=O) groups is 2. The molecule has 0 aromatic heterocycles. The minimum absolute atomic E-state index is 0.0247. The molecule has 0 radical (unpaired) electrons. The molecule has 3 amide bonds. The van der Waals surface area contributed by atoms with Crippen LogP contribution in [-0.2, 0) is 12.4 Å². The van der Waals surface area contributed by atoms with E-state index in [-0.39, 0.29) is 56.2 Å². The van der Waals surface area contributed by atoms with Gasteiger partial charge >= 0.3 is 18.4 Å². The number of halogens is 7. The van der Waals surface area contributed by atoms with Gasteiger partial charge in [0.2, 0.25) is 0 Å². The standard InChI is InChI=1S/C25H27F7N4O3S/c1-4-35(17-7-5-16(26)6-8-17)23(39)40-21-19(25(30,31)32)11-15(24(27,28)29)12-20(21)36-10-9-34(22(36)38)14-18(37)13-33(2)3/h5-8,11-12,18,37H,4,9-10,13-14H2,1-3H3. The van der Waals surface area contributed by atoms with Crippen molar-refractivity contribution in [1.29, 1.82) is 0 Å². The number of rotatable bonds is 8. The van der Waals surface area contributed by atoms with E-state index in [1.165, 1.54) is 19.1 Å². The highest BCUT2D eigenvalue weighted by Gasteiger charge is 2.43. The van der Waals surface area contributed by atoms with Gasteiger partial charge in [-0.25, -0.2) is 9.18 Å². The number of aliphatic hydroxyl groups excluding tert-OH is 1. The Morgan fingerprint density at radius 3 is 2.20 bits per heavy atom. The van der Waals surface area contributed by atoms with Gasteiger partial charge in [0.25, 0.3) is 5.24 Å². The van der Waals surface area contributed by atoms with E-state index in [1.807, 2.05) is 0 Å². The third kappa shape index (κ3) is 7.37. The van der Waals surface area contributed by atoms with Crippen molar-refractivity contribution in [3.8, 4) is 0 Å². The topological polar surface area (TPSA) is 67.3 Å². The average molecular weight is 597 g/mol. The first-order valence-electron chi connectivity index (χ1n) is 12.0. The summed E-state index contributed by atoms with van der Waals surface area (Å²) in [7, 11) is 3.35. The van der Waals surface area contributed by atoms with E-state index in [2.05, 4.69) is 0 Å². The first-order valence-corrected chi connectivity index (χ1v) is 12.8. The SMILES string of the molecule is CCN(C(=O)Sc1c(N2CCN(CC(O)CN(C)C)C2=O)cc(C(F)(F)F)cc1C(F)(F)F)c1ccc(F)cc1. The molecule has 0 aliphatic carbocycles. The van der Waals surface area contributed by atoms with Gasteiger partial charge in [0, 0.05) is 38.4 Å². The number of likely N-dealkylation sites (N-methyl/N-ethyl adjacent to an activating group) is 1. The van der Waals surface area contributed by atoms with Crippen molar-refractivity contribution in [1.82, 2.24) is 9.80 Å². The molecule has 0 saturated carbocycles. The van der Waals surface area contributed by atoms with E-state index in [0.29, 0.717) is 6.07 Å². The van der Waals surface area contributed by atoms with E-state index in [1.54, 1.807) is 19.0 Å². The van der Waals surface area contributed by atoms with Gasteiger partial charge in [-0.3, -0.25) is 9.69 Å². The van der Waals surface area contributed by atoms with Crippen molar-refractivity contribution in [2.75, 3.05) is 56.6 Å². The molecule has 40 heavy (non-hydrogen) atoms. The van der Waals surface area contributed by atoms with Crippen LogP contribution in [0.15, 0.2) is 41.3 Å². The fourth-order valence-electron chi connectivity index (χ4n) is 4.19. The number of β-amino-alcohol motifs (C(OH)–C–C–N with tert-alkyl or cyclic N) is 1. The number of carbonyl (C=O) groups excluding carboxylic acids is 2. The van der Waals surface area contributed by atoms with E-state index in [0.717, 1.165) is 26.8 Å². The Kier molecular flexibility index (Phi) is 9.62. The Hall–Kier alpha value is -3.04. The lowest BCUT2D eigenvalue weighted by atomic mass is 10.1. The second-order valence-electron chi connectivity index (χ2n) is 9.25. The number of nitrogens with zero attached hydrogens (tertiary/aromatic N) is 4. The predicted octanol–water partition coefficient (Wildman–Crippen LogP) is 5.77. The number of thioether (sulfide) groups is 1. The number of benzene rings is 2. The number of urea groups is 1. The number of anilines is 2. The molecule has 1 fully saturated rings. The Balaban J connectivity index is 2.09. The highest BCUT2D eigenvalue weighted by molar-refractivity contribution is 8.14. The zero-order chi connectivity index (χ0) is 30.0. The number of aliphatic hydroxyl groups is 1. The fraction of sp³-hybridized carbons (Fsp3) is 0.440. The van der Waals surface area contributed by atoms with Crippen LogP contribution in [0.4, 0.5) is 51.7 Å². The van der Waals surface area contributed by atoms with Crippen LogP contribution in [-0.4, -0.2) is 79.1 Å². The Labute approximate surface area is 230 Å². The van der Waals surface area contributed by atoms with Crippen LogP contribution in [0.3, 0.4) is 0 Å². The van der Waals surface area contributed by atoms with Crippen LogP contribution < -0.4 is 9.80 Å². The molecule has 1 N–H and O–H groups in total. The highest BCUT2D eigenvalue weighted by Crippen LogP contribution is 2.47. The van der Waals surface area contributed by atoms with E-state index in [9.17, 15) is 45.4 Å². The monoisotopic (exact) mass is 596 g/mol. The Morgan fingerprint density at radius 2 is 1.68 bits per heavy atom. The van der Waals surface area contributed by atoms with E-state index >= 15 is 0 Å². The number of amides is 3. The molecule has 220 valence electrons. The first kappa shape index (κ1) is 31.5. The molecule has 1 saturated heterocycles. The molecule has 0 bridgehead atoms. The summed E-state index contributed by atoms with van der Waals surface area (Å²) in [4.78, 5) is 30.0.